The lowest BCUT2D eigenvalue weighted by Crippen LogP contribution is -2.09. The molecule has 148 valence electrons. The molecule has 4 N–H and O–H groups in total. The van der Waals surface area contributed by atoms with Gasteiger partial charge in [-0.1, -0.05) is 0 Å². The molecule has 0 unspecified atom stereocenters. The molecule has 0 spiro atoms. The van der Waals surface area contributed by atoms with E-state index in [1.807, 2.05) is 0 Å². The van der Waals surface area contributed by atoms with Gasteiger partial charge in [0.05, 0.1) is 25.3 Å². The van der Waals surface area contributed by atoms with E-state index in [1.54, 1.807) is 24.5 Å². The van der Waals surface area contributed by atoms with Gasteiger partial charge in [-0.2, -0.15) is 0 Å². The summed E-state index contributed by atoms with van der Waals surface area (Å²) in [6, 6.07) is 7.92. The van der Waals surface area contributed by atoms with E-state index in [9.17, 15) is 9.59 Å². The lowest BCUT2D eigenvalue weighted by atomic mass is 10.1. The molecule has 10 heteroatoms. The molecule has 2 aromatic heterocycles. The van der Waals surface area contributed by atoms with Crippen molar-refractivity contribution in [2.45, 2.75) is 0 Å². The molecule has 0 saturated heterocycles. The average Bonchev–Trinajstić information content (AvgIpc) is 2.75. The topological polar surface area (TPSA) is 141 Å². The molecule has 3 aromatic rings. The highest BCUT2D eigenvalue weighted by Gasteiger charge is 2.15. The highest BCUT2D eigenvalue weighted by Crippen LogP contribution is 2.29. The molecule has 0 fully saturated rings. The van der Waals surface area contributed by atoms with Gasteiger partial charge in [0, 0.05) is 23.8 Å². The fourth-order valence-electron chi connectivity index (χ4n) is 2.47. The number of hydrogen-bond donors (Lipinski definition) is 3. The SMILES string of the molecule is COC(=O)c1cc(Nc2ncnc(Nc3ccncc3)c2N)cc(C(=O)OC)c1. The maximum Gasteiger partial charge on any atom is 0.337 e. The molecular formula is C19H18N6O4. The normalized spacial score (nSPS) is 10.1. The predicted molar refractivity (Wildman–Crippen MR) is 106 cm³/mol. The van der Waals surface area contributed by atoms with E-state index in [2.05, 4.69) is 25.6 Å². The summed E-state index contributed by atoms with van der Waals surface area (Å²) in [4.78, 5) is 36.1. The van der Waals surface area contributed by atoms with Crippen molar-refractivity contribution >= 4 is 40.6 Å². The van der Waals surface area contributed by atoms with Crippen molar-refractivity contribution in [2.75, 3.05) is 30.6 Å². The second-order valence-corrected chi connectivity index (χ2v) is 5.75. The van der Waals surface area contributed by atoms with Gasteiger partial charge in [-0.25, -0.2) is 19.6 Å². The summed E-state index contributed by atoms with van der Waals surface area (Å²) >= 11 is 0. The van der Waals surface area contributed by atoms with Crippen LogP contribution in [0.2, 0.25) is 0 Å². The highest BCUT2D eigenvalue weighted by molar-refractivity contribution is 5.97. The average molecular weight is 394 g/mol. The van der Waals surface area contributed by atoms with Crippen LogP contribution in [0.25, 0.3) is 0 Å². The van der Waals surface area contributed by atoms with Crippen LogP contribution in [0, 0.1) is 0 Å². The first-order valence-electron chi connectivity index (χ1n) is 8.38. The number of rotatable bonds is 6. The zero-order chi connectivity index (χ0) is 20.8. The second-order valence-electron chi connectivity index (χ2n) is 5.75. The first kappa shape index (κ1) is 19.5. The lowest BCUT2D eigenvalue weighted by Gasteiger charge is -2.14. The van der Waals surface area contributed by atoms with Gasteiger partial charge in [0.2, 0.25) is 0 Å². The first-order valence-corrected chi connectivity index (χ1v) is 8.38. The standard InChI is InChI=1S/C19H18N6O4/c1-28-18(26)11-7-12(19(27)29-2)9-14(8-11)25-17-15(20)16(22-10-23-17)24-13-3-5-21-6-4-13/h3-10H,20H2,1-2H3,(H2,21,22,23,24,25). The van der Waals surface area contributed by atoms with Crippen molar-refractivity contribution < 1.29 is 19.1 Å². The number of anilines is 5. The summed E-state index contributed by atoms with van der Waals surface area (Å²) in [7, 11) is 2.50. The number of methoxy groups -OCH3 is 2. The number of carbonyl (C=O) groups is 2. The van der Waals surface area contributed by atoms with Gasteiger partial charge in [-0.05, 0) is 30.3 Å². The summed E-state index contributed by atoms with van der Waals surface area (Å²) in [5, 5.41) is 6.06. The number of hydrogen-bond acceptors (Lipinski definition) is 10. The fourth-order valence-corrected chi connectivity index (χ4v) is 2.47. The van der Waals surface area contributed by atoms with E-state index < -0.39 is 11.9 Å². The predicted octanol–water partition coefficient (Wildman–Crippen LogP) is 2.51. The van der Waals surface area contributed by atoms with E-state index in [1.165, 1.54) is 38.7 Å². The number of nitrogens with one attached hydrogen (secondary N) is 2. The van der Waals surface area contributed by atoms with E-state index in [0.717, 1.165) is 5.69 Å². The van der Waals surface area contributed by atoms with Crippen LogP contribution < -0.4 is 16.4 Å². The number of nitrogen functional groups attached to an aromatic ring is 1. The van der Waals surface area contributed by atoms with E-state index in [4.69, 9.17) is 15.2 Å². The van der Waals surface area contributed by atoms with Crippen molar-refractivity contribution in [1.29, 1.82) is 0 Å². The van der Waals surface area contributed by atoms with Crippen molar-refractivity contribution in [2.24, 2.45) is 0 Å². The number of nitrogens with zero attached hydrogens (tertiary/aromatic N) is 3. The minimum Gasteiger partial charge on any atom is -0.465 e. The van der Waals surface area contributed by atoms with Gasteiger partial charge in [-0.3, -0.25) is 4.98 Å². The molecule has 10 nitrogen and oxygen atoms in total. The maximum atomic E-state index is 11.9. The van der Waals surface area contributed by atoms with Gasteiger partial charge >= 0.3 is 11.9 Å². The number of ether oxygens (including phenoxy) is 2. The molecule has 0 saturated carbocycles. The Labute approximate surface area is 166 Å². The van der Waals surface area contributed by atoms with Gasteiger partial charge in [-0.15, -0.1) is 0 Å². The summed E-state index contributed by atoms with van der Waals surface area (Å²) < 4.78 is 9.47. The Bertz CT molecular complexity index is 1010. The quantitative estimate of drug-likeness (QED) is 0.534. The zero-order valence-electron chi connectivity index (χ0n) is 15.7. The highest BCUT2D eigenvalue weighted by atomic mass is 16.5. The largest absolute Gasteiger partial charge is 0.465 e. The van der Waals surface area contributed by atoms with Crippen molar-refractivity contribution in [3.63, 3.8) is 0 Å². The lowest BCUT2D eigenvalue weighted by molar-refractivity contribution is 0.0599. The molecule has 29 heavy (non-hydrogen) atoms. The monoisotopic (exact) mass is 394 g/mol. The van der Waals surface area contributed by atoms with E-state index in [-0.39, 0.29) is 22.6 Å². The van der Waals surface area contributed by atoms with Gasteiger partial charge in [0.25, 0.3) is 0 Å². The Morgan fingerprint density at radius 1 is 0.862 bits per heavy atom. The van der Waals surface area contributed by atoms with Crippen LogP contribution in [0.1, 0.15) is 20.7 Å². The minimum atomic E-state index is -0.602. The third-order valence-corrected chi connectivity index (χ3v) is 3.86. The van der Waals surface area contributed by atoms with Crippen molar-refractivity contribution in [1.82, 2.24) is 15.0 Å². The summed E-state index contributed by atoms with van der Waals surface area (Å²) in [6.45, 7) is 0. The Morgan fingerprint density at radius 2 is 1.38 bits per heavy atom. The Kier molecular flexibility index (Phi) is 5.83. The number of nitrogens with two attached hydrogens (primary N) is 1. The molecule has 0 atom stereocenters. The van der Waals surface area contributed by atoms with Gasteiger partial charge < -0.3 is 25.8 Å². The van der Waals surface area contributed by atoms with Crippen LogP contribution >= 0.6 is 0 Å². The molecule has 3 rings (SSSR count). The van der Waals surface area contributed by atoms with Crippen LogP contribution in [0.3, 0.4) is 0 Å². The molecule has 0 radical (unpaired) electrons. The zero-order valence-corrected chi connectivity index (χ0v) is 15.7. The molecule has 0 aliphatic heterocycles. The Morgan fingerprint density at radius 3 is 1.90 bits per heavy atom. The van der Waals surface area contributed by atoms with Crippen LogP contribution in [0.15, 0.2) is 49.1 Å². The van der Waals surface area contributed by atoms with Crippen LogP contribution in [0.5, 0.6) is 0 Å². The van der Waals surface area contributed by atoms with Crippen LogP contribution in [-0.4, -0.2) is 41.1 Å². The summed E-state index contributed by atoms with van der Waals surface area (Å²) in [5.74, 6) is -0.538. The Hall–Kier alpha value is -4.21. The number of benzene rings is 1. The number of carbonyl (C=O) groups excluding carboxylic acids is 2. The van der Waals surface area contributed by atoms with E-state index in [0.29, 0.717) is 11.5 Å². The molecule has 1 aromatic carbocycles. The van der Waals surface area contributed by atoms with E-state index >= 15 is 0 Å². The fraction of sp³-hybridized carbons (Fsp3) is 0.105. The van der Waals surface area contributed by atoms with Crippen molar-refractivity contribution in [3.8, 4) is 0 Å². The number of pyridine rings is 1. The summed E-state index contributed by atoms with van der Waals surface area (Å²) in [6.07, 6.45) is 4.59. The third kappa shape index (κ3) is 4.56. The van der Waals surface area contributed by atoms with Gasteiger partial charge in [0.15, 0.2) is 11.6 Å². The first-order chi connectivity index (χ1) is 14.0. The molecular weight excluding hydrogens is 376 g/mol. The smallest absolute Gasteiger partial charge is 0.337 e. The minimum absolute atomic E-state index is 0.167. The Balaban J connectivity index is 1.94. The van der Waals surface area contributed by atoms with Crippen LogP contribution in [0.4, 0.5) is 28.7 Å². The molecule has 0 aliphatic rings. The molecule has 2 heterocycles. The van der Waals surface area contributed by atoms with Crippen LogP contribution in [-0.2, 0) is 9.47 Å². The second kappa shape index (κ2) is 8.65. The number of esters is 2. The number of aromatic nitrogens is 3. The molecule has 0 amide bonds. The van der Waals surface area contributed by atoms with Gasteiger partial charge in [0.1, 0.15) is 12.0 Å². The molecule has 0 aliphatic carbocycles. The third-order valence-electron chi connectivity index (χ3n) is 3.86. The maximum absolute atomic E-state index is 11.9. The molecule has 0 bridgehead atoms. The summed E-state index contributed by atoms with van der Waals surface area (Å²) in [5.41, 5.74) is 7.90. The van der Waals surface area contributed by atoms with Crippen molar-refractivity contribution in [3.05, 3.63) is 60.2 Å².